The van der Waals surface area contributed by atoms with Crippen LogP contribution in [-0.2, 0) is 11.3 Å². The number of benzene rings is 2. The topological polar surface area (TPSA) is 72.2 Å². The smallest absolute Gasteiger partial charge is 0.260 e. The number of fused-ring (bicyclic) bond motifs is 1. The van der Waals surface area contributed by atoms with E-state index in [0.29, 0.717) is 17.2 Å². The zero-order chi connectivity index (χ0) is 20.8. The predicted molar refractivity (Wildman–Crippen MR) is 120 cm³/mol. The molecule has 30 heavy (non-hydrogen) atoms. The highest BCUT2D eigenvalue weighted by molar-refractivity contribution is 5.97. The van der Waals surface area contributed by atoms with E-state index in [1.165, 1.54) is 0 Å². The highest BCUT2D eigenvalue weighted by Gasteiger charge is 2.15. The Kier molecular flexibility index (Phi) is 5.75. The van der Waals surface area contributed by atoms with Crippen LogP contribution in [-0.4, -0.2) is 26.2 Å². The number of allylic oxidation sites excluding steroid dienone is 1. The van der Waals surface area contributed by atoms with Gasteiger partial charge in [-0.15, -0.1) is 0 Å². The second-order valence-electron chi connectivity index (χ2n) is 6.76. The number of hydrogen-bond donors (Lipinski definition) is 1. The van der Waals surface area contributed by atoms with Crippen LogP contribution in [0.25, 0.3) is 28.6 Å². The van der Waals surface area contributed by atoms with Crippen molar-refractivity contribution in [1.82, 2.24) is 20.0 Å². The largest absolute Gasteiger partial charge is 0.313 e. The average molecular weight is 395 g/mol. The van der Waals surface area contributed by atoms with Crippen LogP contribution in [0.15, 0.2) is 90.2 Å². The van der Waals surface area contributed by atoms with Crippen LogP contribution in [0.4, 0.5) is 0 Å². The maximum Gasteiger partial charge on any atom is 0.260 e. The lowest BCUT2D eigenvalue weighted by Gasteiger charge is -2.08. The van der Waals surface area contributed by atoms with Crippen molar-refractivity contribution in [3.05, 3.63) is 90.6 Å². The Morgan fingerprint density at radius 1 is 1.03 bits per heavy atom. The van der Waals surface area contributed by atoms with Gasteiger partial charge in [-0.3, -0.25) is 9.78 Å². The molecule has 0 bridgehead atoms. The lowest BCUT2D eigenvalue weighted by Crippen LogP contribution is -2.24. The molecule has 6 nitrogen and oxygen atoms in total. The van der Waals surface area contributed by atoms with Crippen molar-refractivity contribution in [3.8, 4) is 11.5 Å². The van der Waals surface area contributed by atoms with E-state index in [1.807, 2.05) is 96.4 Å². The Labute approximate surface area is 174 Å². The van der Waals surface area contributed by atoms with Gasteiger partial charge in [-0.2, -0.15) is 5.10 Å². The van der Waals surface area contributed by atoms with E-state index in [0.717, 1.165) is 16.6 Å². The van der Waals surface area contributed by atoms with E-state index >= 15 is 0 Å². The number of nitrogens with zero attached hydrogens (tertiary/aromatic N) is 4. The van der Waals surface area contributed by atoms with Gasteiger partial charge in [0.1, 0.15) is 12.2 Å². The minimum atomic E-state index is -0.234. The van der Waals surface area contributed by atoms with E-state index in [9.17, 15) is 4.79 Å². The summed E-state index contributed by atoms with van der Waals surface area (Å²) in [4.78, 5) is 21.7. The molecule has 0 spiro atoms. The number of para-hydroxylation sites is 2. The molecule has 6 heteroatoms. The number of amides is 1. The fourth-order valence-corrected chi connectivity index (χ4v) is 3.07. The monoisotopic (exact) mass is 395 g/mol. The molecule has 4 rings (SSSR count). The number of aromatic nitrogens is 3. The molecule has 0 saturated carbocycles. The summed E-state index contributed by atoms with van der Waals surface area (Å²) in [6.07, 6.45) is 5.53. The van der Waals surface area contributed by atoms with Gasteiger partial charge in [-0.25, -0.2) is 10.4 Å². The minimum absolute atomic E-state index is 0.0889. The average Bonchev–Trinajstić information content (AvgIpc) is 3.16. The number of hydrogen-bond acceptors (Lipinski definition) is 4. The van der Waals surface area contributed by atoms with Gasteiger partial charge in [0.2, 0.25) is 0 Å². The van der Waals surface area contributed by atoms with Gasteiger partial charge in [0.15, 0.2) is 5.82 Å². The van der Waals surface area contributed by atoms with Gasteiger partial charge in [0, 0.05) is 6.20 Å². The van der Waals surface area contributed by atoms with Crippen molar-refractivity contribution >= 4 is 28.7 Å². The molecule has 1 amide bonds. The molecule has 0 aliphatic heterocycles. The first-order valence-corrected chi connectivity index (χ1v) is 9.63. The summed E-state index contributed by atoms with van der Waals surface area (Å²) in [5.74, 6) is 0.416. The van der Waals surface area contributed by atoms with Crippen LogP contribution in [0, 0.1) is 0 Å². The normalized spacial score (nSPS) is 11.8. The van der Waals surface area contributed by atoms with Crippen LogP contribution in [0.2, 0.25) is 0 Å². The molecule has 0 aliphatic carbocycles. The number of rotatable bonds is 6. The molecule has 0 aliphatic rings. The Balaban J connectivity index is 1.52. The fourth-order valence-electron chi connectivity index (χ4n) is 3.07. The Morgan fingerprint density at radius 2 is 1.80 bits per heavy atom. The summed E-state index contributed by atoms with van der Waals surface area (Å²) in [6.45, 7) is 1.93. The lowest BCUT2D eigenvalue weighted by molar-refractivity contribution is -0.121. The quantitative estimate of drug-likeness (QED) is 0.391. The van der Waals surface area contributed by atoms with Crippen molar-refractivity contribution < 1.29 is 4.79 Å². The SMILES string of the molecule is CC(C=Cc1ccccc1)=NNC(=O)Cn1c(-c2ccccn2)nc2ccccc21. The zero-order valence-corrected chi connectivity index (χ0v) is 16.6. The standard InChI is InChI=1S/C24H21N5O/c1-18(14-15-19-9-3-2-4-10-19)27-28-23(30)17-29-22-13-6-5-11-20(22)26-24(29)21-12-7-8-16-25-21/h2-16H,17H2,1H3,(H,28,30). The van der Waals surface area contributed by atoms with Crippen molar-refractivity contribution in [1.29, 1.82) is 0 Å². The molecule has 148 valence electrons. The first-order valence-electron chi connectivity index (χ1n) is 9.63. The number of carbonyl (C=O) groups is 1. The third-order valence-electron chi connectivity index (χ3n) is 4.52. The third kappa shape index (κ3) is 4.50. The molecule has 2 aromatic carbocycles. The van der Waals surface area contributed by atoms with Crippen molar-refractivity contribution in [2.24, 2.45) is 5.10 Å². The number of imidazole rings is 1. The van der Waals surface area contributed by atoms with Crippen molar-refractivity contribution in [2.75, 3.05) is 0 Å². The van der Waals surface area contributed by atoms with Gasteiger partial charge in [-0.1, -0.05) is 54.6 Å². The predicted octanol–water partition coefficient (Wildman–Crippen LogP) is 4.30. The minimum Gasteiger partial charge on any atom is -0.313 e. The van der Waals surface area contributed by atoms with Crippen LogP contribution in [0.1, 0.15) is 12.5 Å². The summed E-state index contributed by atoms with van der Waals surface area (Å²) < 4.78 is 1.86. The molecule has 0 fully saturated rings. The van der Waals surface area contributed by atoms with Gasteiger partial charge in [0.05, 0.1) is 16.7 Å². The maximum atomic E-state index is 12.6. The molecule has 2 heterocycles. The highest BCUT2D eigenvalue weighted by atomic mass is 16.2. The number of pyridine rings is 1. The van der Waals surface area contributed by atoms with Gasteiger partial charge < -0.3 is 4.57 Å². The summed E-state index contributed by atoms with van der Waals surface area (Å²) in [5.41, 5.74) is 6.81. The summed E-state index contributed by atoms with van der Waals surface area (Å²) >= 11 is 0. The summed E-state index contributed by atoms with van der Waals surface area (Å²) in [5, 5.41) is 4.18. The van der Waals surface area contributed by atoms with Crippen LogP contribution >= 0.6 is 0 Å². The number of nitrogens with one attached hydrogen (secondary N) is 1. The third-order valence-corrected chi connectivity index (χ3v) is 4.52. The Hall–Kier alpha value is -4.06. The van der Waals surface area contributed by atoms with Crippen LogP contribution < -0.4 is 5.43 Å². The van der Waals surface area contributed by atoms with Crippen LogP contribution in [0.5, 0.6) is 0 Å². The molecule has 0 atom stereocenters. The molecular formula is C24H21N5O. The first kappa shape index (κ1) is 19.3. The van der Waals surface area contributed by atoms with Gasteiger partial charge in [0.25, 0.3) is 5.91 Å². The van der Waals surface area contributed by atoms with E-state index < -0.39 is 0 Å². The summed E-state index contributed by atoms with van der Waals surface area (Å²) in [7, 11) is 0. The lowest BCUT2D eigenvalue weighted by atomic mass is 10.2. The number of hydrazone groups is 1. The molecular weight excluding hydrogens is 374 g/mol. The molecule has 4 aromatic rings. The summed E-state index contributed by atoms with van der Waals surface area (Å²) in [6, 6.07) is 23.3. The maximum absolute atomic E-state index is 12.6. The molecule has 0 saturated heterocycles. The molecule has 0 radical (unpaired) electrons. The second kappa shape index (κ2) is 8.96. The van der Waals surface area contributed by atoms with Crippen LogP contribution in [0.3, 0.4) is 0 Å². The Morgan fingerprint density at radius 3 is 2.60 bits per heavy atom. The van der Waals surface area contributed by atoms with Crippen molar-refractivity contribution in [3.63, 3.8) is 0 Å². The van der Waals surface area contributed by atoms with E-state index in [1.54, 1.807) is 6.20 Å². The van der Waals surface area contributed by atoms with E-state index in [-0.39, 0.29) is 12.5 Å². The molecule has 0 unspecified atom stereocenters. The second-order valence-corrected chi connectivity index (χ2v) is 6.76. The molecule has 1 N–H and O–H groups in total. The Bertz CT molecular complexity index is 1210. The van der Waals surface area contributed by atoms with Gasteiger partial charge >= 0.3 is 0 Å². The zero-order valence-electron chi connectivity index (χ0n) is 16.6. The first-order chi connectivity index (χ1) is 14.7. The van der Waals surface area contributed by atoms with E-state index in [4.69, 9.17) is 0 Å². The highest BCUT2D eigenvalue weighted by Crippen LogP contribution is 2.23. The van der Waals surface area contributed by atoms with E-state index in [2.05, 4.69) is 20.5 Å². The van der Waals surface area contributed by atoms with Gasteiger partial charge in [-0.05, 0) is 42.8 Å². The molecule has 2 aromatic heterocycles. The number of carbonyl (C=O) groups excluding carboxylic acids is 1. The van der Waals surface area contributed by atoms with Crippen molar-refractivity contribution in [2.45, 2.75) is 13.5 Å². The fraction of sp³-hybridized carbons (Fsp3) is 0.0833.